The Labute approximate surface area is 128 Å². The smallest absolute Gasteiger partial charge is 0.120 e. The predicted octanol–water partition coefficient (Wildman–Crippen LogP) is 4.28. The number of hydrogen-bond acceptors (Lipinski definition) is 2. The first kappa shape index (κ1) is 13.5. The average Bonchev–Trinajstić information content (AvgIpc) is 2.48. The van der Waals surface area contributed by atoms with Gasteiger partial charge in [0.2, 0.25) is 0 Å². The molecule has 20 heavy (non-hydrogen) atoms. The minimum Gasteiger partial charge on any atom is -0.492 e. The summed E-state index contributed by atoms with van der Waals surface area (Å²) in [6.45, 7) is 2.77. The number of aryl methyl sites for hydroxylation is 1. The third-order valence-electron chi connectivity index (χ3n) is 3.63. The fraction of sp³-hybridized carbons (Fsp3) is 0.294. The zero-order valence-corrected chi connectivity index (χ0v) is 13.0. The van der Waals surface area contributed by atoms with E-state index in [0.717, 1.165) is 23.3 Å². The lowest BCUT2D eigenvalue weighted by Crippen LogP contribution is -2.33. The highest BCUT2D eigenvalue weighted by Crippen LogP contribution is 2.26. The third kappa shape index (κ3) is 3.15. The maximum Gasteiger partial charge on any atom is 0.120 e. The van der Waals surface area contributed by atoms with Crippen molar-refractivity contribution in [3.63, 3.8) is 0 Å². The summed E-state index contributed by atoms with van der Waals surface area (Å²) in [5, 5.41) is 0. The Bertz CT molecular complexity index is 585. The molecule has 104 valence electrons. The molecule has 3 rings (SSSR count). The standard InChI is InChI=1S/C17H18BrNO/c18-15-7-3-8-16(13-15)20-12-11-19-10-4-6-14-5-1-2-9-17(14)19/h1-3,5,7-9,13H,4,6,10-12H2. The van der Waals surface area contributed by atoms with Gasteiger partial charge in [0.15, 0.2) is 0 Å². The second-order valence-electron chi connectivity index (χ2n) is 5.03. The average molecular weight is 332 g/mol. The number of nitrogens with zero attached hydrogens (tertiary/aromatic N) is 1. The first-order valence-corrected chi connectivity index (χ1v) is 7.83. The van der Waals surface area contributed by atoms with Crippen LogP contribution in [0.25, 0.3) is 0 Å². The molecule has 0 fully saturated rings. The molecule has 0 saturated heterocycles. The fourth-order valence-corrected chi connectivity index (χ4v) is 3.05. The summed E-state index contributed by atoms with van der Waals surface area (Å²) in [7, 11) is 0. The lowest BCUT2D eigenvalue weighted by atomic mass is 10.0. The van der Waals surface area contributed by atoms with Crippen LogP contribution in [0.5, 0.6) is 5.75 Å². The van der Waals surface area contributed by atoms with Crippen molar-refractivity contribution in [1.29, 1.82) is 0 Å². The van der Waals surface area contributed by atoms with Gasteiger partial charge in [-0.1, -0.05) is 40.2 Å². The summed E-state index contributed by atoms with van der Waals surface area (Å²) in [5.41, 5.74) is 2.83. The Morgan fingerprint density at radius 2 is 2.00 bits per heavy atom. The van der Waals surface area contributed by atoms with Crippen LogP contribution in [0.3, 0.4) is 0 Å². The summed E-state index contributed by atoms with van der Waals surface area (Å²) in [6.07, 6.45) is 2.42. The quantitative estimate of drug-likeness (QED) is 0.829. The molecule has 3 heteroatoms. The summed E-state index contributed by atoms with van der Waals surface area (Å²) in [6, 6.07) is 16.7. The molecule has 1 aliphatic heterocycles. The van der Waals surface area contributed by atoms with Crippen molar-refractivity contribution in [2.45, 2.75) is 12.8 Å². The Morgan fingerprint density at radius 3 is 2.90 bits per heavy atom. The molecule has 0 N–H and O–H groups in total. The molecule has 0 atom stereocenters. The van der Waals surface area contributed by atoms with Crippen LogP contribution in [-0.2, 0) is 6.42 Å². The molecule has 1 heterocycles. The summed E-state index contributed by atoms with van der Waals surface area (Å²) in [5.74, 6) is 0.921. The molecule has 2 aromatic carbocycles. The normalized spacial score (nSPS) is 13.9. The van der Waals surface area contributed by atoms with Crippen LogP contribution in [-0.4, -0.2) is 19.7 Å². The van der Waals surface area contributed by atoms with Gasteiger partial charge in [-0.3, -0.25) is 0 Å². The Hall–Kier alpha value is -1.48. The van der Waals surface area contributed by atoms with E-state index in [0.29, 0.717) is 6.61 Å². The molecule has 0 aliphatic carbocycles. The van der Waals surface area contributed by atoms with E-state index in [1.807, 2.05) is 24.3 Å². The molecule has 0 unspecified atom stereocenters. The zero-order valence-electron chi connectivity index (χ0n) is 11.4. The molecule has 0 radical (unpaired) electrons. The highest BCUT2D eigenvalue weighted by Gasteiger charge is 2.15. The fourth-order valence-electron chi connectivity index (χ4n) is 2.67. The van der Waals surface area contributed by atoms with Crippen molar-refractivity contribution in [3.8, 4) is 5.75 Å². The maximum atomic E-state index is 5.83. The van der Waals surface area contributed by atoms with Crippen molar-refractivity contribution in [1.82, 2.24) is 0 Å². The van der Waals surface area contributed by atoms with Gasteiger partial charge >= 0.3 is 0 Å². The van der Waals surface area contributed by atoms with Gasteiger partial charge in [0.05, 0.1) is 6.54 Å². The predicted molar refractivity (Wildman–Crippen MR) is 86.6 cm³/mol. The molecule has 2 nitrogen and oxygen atoms in total. The number of para-hydroxylation sites is 1. The molecule has 0 aromatic heterocycles. The Kier molecular flexibility index (Phi) is 4.26. The number of anilines is 1. The maximum absolute atomic E-state index is 5.83. The molecule has 0 spiro atoms. The van der Waals surface area contributed by atoms with Crippen molar-refractivity contribution < 1.29 is 4.74 Å². The summed E-state index contributed by atoms with van der Waals surface area (Å²) in [4.78, 5) is 2.43. The van der Waals surface area contributed by atoms with Crippen LogP contribution in [0.2, 0.25) is 0 Å². The third-order valence-corrected chi connectivity index (χ3v) is 4.13. The minimum atomic E-state index is 0.713. The van der Waals surface area contributed by atoms with Gasteiger partial charge in [-0.05, 0) is 42.7 Å². The molecule has 0 saturated carbocycles. The first-order chi connectivity index (χ1) is 9.83. The number of benzene rings is 2. The van der Waals surface area contributed by atoms with Crippen LogP contribution in [0, 0.1) is 0 Å². The summed E-state index contributed by atoms with van der Waals surface area (Å²) >= 11 is 3.46. The van der Waals surface area contributed by atoms with Crippen LogP contribution >= 0.6 is 15.9 Å². The highest BCUT2D eigenvalue weighted by atomic mass is 79.9. The number of fused-ring (bicyclic) bond motifs is 1. The van der Waals surface area contributed by atoms with Crippen LogP contribution in [0.4, 0.5) is 5.69 Å². The molecular weight excluding hydrogens is 314 g/mol. The van der Waals surface area contributed by atoms with E-state index < -0.39 is 0 Å². The lowest BCUT2D eigenvalue weighted by molar-refractivity contribution is 0.322. The Morgan fingerprint density at radius 1 is 1.10 bits per heavy atom. The lowest BCUT2D eigenvalue weighted by Gasteiger charge is -2.31. The molecule has 1 aliphatic rings. The van der Waals surface area contributed by atoms with Gasteiger partial charge in [0.1, 0.15) is 12.4 Å². The Balaban J connectivity index is 1.60. The molecule has 0 amide bonds. The SMILES string of the molecule is Brc1cccc(OCCN2CCCc3ccccc32)c1. The largest absolute Gasteiger partial charge is 0.492 e. The second kappa shape index (κ2) is 6.31. The zero-order chi connectivity index (χ0) is 13.8. The highest BCUT2D eigenvalue weighted by molar-refractivity contribution is 9.10. The van der Waals surface area contributed by atoms with Crippen molar-refractivity contribution in [2.75, 3.05) is 24.6 Å². The van der Waals surface area contributed by atoms with Crippen LogP contribution in [0.1, 0.15) is 12.0 Å². The molecule has 2 aromatic rings. The molecule has 0 bridgehead atoms. The van der Waals surface area contributed by atoms with Crippen molar-refractivity contribution in [3.05, 3.63) is 58.6 Å². The number of halogens is 1. The minimum absolute atomic E-state index is 0.713. The van der Waals surface area contributed by atoms with Crippen LogP contribution in [0.15, 0.2) is 53.0 Å². The van der Waals surface area contributed by atoms with Gasteiger partial charge < -0.3 is 9.64 Å². The number of hydrogen-bond donors (Lipinski definition) is 0. The van der Waals surface area contributed by atoms with Gasteiger partial charge in [-0.25, -0.2) is 0 Å². The van der Waals surface area contributed by atoms with E-state index >= 15 is 0 Å². The second-order valence-corrected chi connectivity index (χ2v) is 5.94. The topological polar surface area (TPSA) is 12.5 Å². The number of rotatable bonds is 4. The van der Waals surface area contributed by atoms with E-state index in [-0.39, 0.29) is 0 Å². The van der Waals surface area contributed by atoms with Crippen molar-refractivity contribution in [2.24, 2.45) is 0 Å². The monoisotopic (exact) mass is 331 g/mol. The van der Waals surface area contributed by atoms with Gasteiger partial charge in [-0.2, -0.15) is 0 Å². The summed E-state index contributed by atoms with van der Waals surface area (Å²) < 4.78 is 6.89. The van der Waals surface area contributed by atoms with Crippen molar-refractivity contribution >= 4 is 21.6 Å². The molecular formula is C17H18BrNO. The van der Waals surface area contributed by atoms with Gasteiger partial charge in [-0.15, -0.1) is 0 Å². The van der Waals surface area contributed by atoms with E-state index in [9.17, 15) is 0 Å². The van der Waals surface area contributed by atoms with E-state index in [1.54, 1.807) is 0 Å². The number of ether oxygens (including phenoxy) is 1. The van der Waals surface area contributed by atoms with E-state index in [2.05, 4.69) is 45.1 Å². The van der Waals surface area contributed by atoms with E-state index in [4.69, 9.17) is 4.74 Å². The van der Waals surface area contributed by atoms with Gasteiger partial charge in [0.25, 0.3) is 0 Å². The van der Waals surface area contributed by atoms with E-state index in [1.165, 1.54) is 24.1 Å². The van der Waals surface area contributed by atoms with Gasteiger partial charge in [0, 0.05) is 16.7 Å². The van der Waals surface area contributed by atoms with Crippen LogP contribution < -0.4 is 9.64 Å². The first-order valence-electron chi connectivity index (χ1n) is 7.04.